The average Bonchev–Trinajstić information content (AvgIpc) is 2.99. The van der Waals surface area contributed by atoms with E-state index >= 15 is 0 Å². The van der Waals surface area contributed by atoms with Crippen LogP contribution in [0.3, 0.4) is 0 Å². The van der Waals surface area contributed by atoms with Crippen molar-refractivity contribution in [3.63, 3.8) is 0 Å². The van der Waals surface area contributed by atoms with Crippen molar-refractivity contribution < 1.29 is 13.6 Å². The first-order valence-electron chi connectivity index (χ1n) is 7.58. The minimum absolute atomic E-state index is 0.141. The fourth-order valence-electron chi connectivity index (χ4n) is 2.97. The lowest BCUT2D eigenvalue weighted by molar-refractivity contribution is 0.116. The van der Waals surface area contributed by atoms with Crippen LogP contribution in [0.1, 0.15) is 0 Å². The number of halogens is 2. The zero-order chi connectivity index (χ0) is 16.4. The van der Waals surface area contributed by atoms with Gasteiger partial charge in [0, 0.05) is 38.4 Å². The van der Waals surface area contributed by atoms with Gasteiger partial charge in [-0.15, -0.1) is 0 Å². The molecular formula is C14H19F2N5O2. The Morgan fingerprint density at radius 3 is 3.00 bits per heavy atom. The minimum atomic E-state index is -1.02. The summed E-state index contributed by atoms with van der Waals surface area (Å²) in [5.41, 5.74) is -0.758. The van der Waals surface area contributed by atoms with Crippen LogP contribution in [-0.4, -0.2) is 66.0 Å². The van der Waals surface area contributed by atoms with E-state index in [0.29, 0.717) is 13.1 Å². The summed E-state index contributed by atoms with van der Waals surface area (Å²) in [6.45, 7) is 2.74. The molecule has 0 radical (unpaired) electrons. The van der Waals surface area contributed by atoms with Crippen molar-refractivity contribution in [3.8, 4) is 0 Å². The molecule has 3 heterocycles. The fraction of sp³-hybridized carbons (Fsp3) is 0.571. The fourth-order valence-corrected chi connectivity index (χ4v) is 2.97. The molecule has 2 fully saturated rings. The first kappa shape index (κ1) is 15.9. The summed E-state index contributed by atoms with van der Waals surface area (Å²) in [7, 11) is 0. The second-order valence-corrected chi connectivity index (χ2v) is 5.65. The van der Waals surface area contributed by atoms with E-state index in [1.54, 1.807) is 4.90 Å². The van der Waals surface area contributed by atoms with Gasteiger partial charge in [-0.05, 0) is 0 Å². The molecule has 0 bridgehead atoms. The van der Waals surface area contributed by atoms with Gasteiger partial charge in [-0.1, -0.05) is 0 Å². The van der Waals surface area contributed by atoms with E-state index in [-0.39, 0.29) is 24.4 Å². The van der Waals surface area contributed by atoms with E-state index in [1.807, 2.05) is 0 Å². The number of anilines is 1. The van der Waals surface area contributed by atoms with Gasteiger partial charge in [0.25, 0.3) is 5.56 Å². The molecular weight excluding hydrogens is 308 g/mol. The largest absolute Gasteiger partial charge is 0.322 e. The van der Waals surface area contributed by atoms with E-state index < -0.39 is 18.1 Å². The summed E-state index contributed by atoms with van der Waals surface area (Å²) in [5, 5.41) is 5.88. The highest BCUT2D eigenvalue weighted by Crippen LogP contribution is 2.14. The maximum absolute atomic E-state index is 13.6. The minimum Gasteiger partial charge on any atom is -0.320 e. The molecule has 3 rings (SSSR count). The Hall–Kier alpha value is -2.00. The van der Waals surface area contributed by atoms with Crippen LogP contribution in [0.25, 0.3) is 0 Å². The monoisotopic (exact) mass is 327 g/mol. The molecule has 2 aliphatic heterocycles. The van der Waals surface area contributed by atoms with Crippen LogP contribution >= 0.6 is 0 Å². The van der Waals surface area contributed by atoms with Gasteiger partial charge in [-0.3, -0.25) is 15.0 Å². The summed E-state index contributed by atoms with van der Waals surface area (Å²) in [4.78, 5) is 27.7. The smallest absolute Gasteiger partial charge is 0.320 e. The molecule has 0 saturated carbocycles. The highest BCUT2D eigenvalue weighted by atomic mass is 19.1. The van der Waals surface area contributed by atoms with E-state index in [9.17, 15) is 18.4 Å². The van der Waals surface area contributed by atoms with Crippen molar-refractivity contribution in [3.05, 3.63) is 28.4 Å². The lowest BCUT2D eigenvalue weighted by Gasteiger charge is -2.36. The molecule has 1 aromatic heterocycles. The molecule has 1 atom stereocenters. The Kier molecular flexibility index (Phi) is 4.58. The summed E-state index contributed by atoms with van der Waals surface area (Å²) < 4.78 is 26.9. The molecule has 0 aromatic carbocycles. The number of amides is 2. The van der Waals surface area contributed by atoms with E-state index in [2.05, 4.69) is 15.5 Å². The maximum Gasteiger partial charge on any atom is 0.322 e. The Labute approximate surface area is 131 Å². The van der Waals surface area contributed by atoms with Crippen LogP contribution in [0, 0.1) is 5.82 Å². The number of nitrogens with zero attached hydrogens (tertiary/aromatic N) is 3. The number of aromatic nitrogens is 1. The quantitative estimate of drug-likeness (QED) is 0.822. The third-order valence-electron chi connectivity index (χ3n) is 4.18. The van der Waals surface area contributed by atoms with Crippen LogP contribution in [0.15, 0.2) is 17.1 Å². The van der Waals surface area contributed by atoms with Crippen LogP contribution in [0.2, 0.25) is 0 Å². The van der Waals surface area contributed by atoms with Crippen LogP contribution in [0.5, 0.6) is 0 Å². The number of aryl methyl sites for hydroxylation is 1. The number of urea groups is 1. The zero-order valence-electron chi connectivity index (χ0n) is 12.6. The Morgan fingerprint density at radius 1 is 1.39 bits per heavy atom. The SMILES string of the molecule is O=C(Nc1cc(F)c(=O)n(CCF)c1)N1CCN2CCNC2C1. The number of fused-ring (bicyclic) bond motifs is 1. The zero-order valence-corrected chi connectivity index (χ0v) is 12.6. The number of pyridine rings is 1. The molecule has 1 aromatic rings. The van der Waals surface area contributed by atoms with E-state index in [0.717, 1.165) is 30.3 Å². The number of hydrogen-bond acceptors (Lipinski definition) is 4. The highest BCUT2D eigenvalue weighted by molar-refractivity contribution is 5.89. The molecule has 7 nitrogen and oxygen atoms in total. The number of hydrogen-bond donors (Lipinski definition) is 2. The first-order valence-corrected chi connectivity index (χ1v) is 7.58. The van der Waals surface area contributed by atoms with Crippen molar-refractivity contribution in [2.24, 2.45) is 0 Å². The number of alkyl halides is 1. The summed E-state index contributed by atoms with van der Waals surface area (Å²) in [6, 6.07) is 0.599. The van der Waals surface area contributed by atoms with Crippen LogP contribution < -0.4 is 16.2 Å². The number of rotatable bonds is 3. The predicted molar refractivity (Wildman–Crippen MR) is 80.6 cm³/mol. The Morgan fingerprint density at radius 2 is 2.22 bits per heavy atom. The molecule has 126 valence electrons. The lowest BCUT2D eigenvalue weighted by atomic mass is 10.3. The average molecular weight is 327 g/mol. The Bertz CT molecular complexity index is 651. The lowest BCUT2D eigenvalue weighted by Crippen LogP contribution is -2.56. The second-order valence-electron chi connectivity index (χ2n) is 5.65. The third kappa shape index (κ3) is 3.35. The molecule has 1 unspecified atom stereocenters. The van der Waals surface area contributed by atoms with E-state index in [1.165, 1.54) is 6.20 Å². The van der Waals surface area contributed by atoms with Crippen LogP contribution in [0.4, 0.5) is 19.3 Å². The van der Waals surface area contributed by atoms with Gasteiger partial charge in [-0.25, -0.2) is 13.6 Å². The summed E-state index contributed by atoms with van der Waals surface area (Å²) in [5.74, 6) is -1.02. The molecule has 2 aliphatic rings. The molecule has 2 saturated heterocycles. The maximum atomic E-state index is 13.6. The topological polar surface area (TPSA) is 69.6 Å². The molecule has 0 spiro atoms. The standard InChI is InChI=1S/C14H19F2N5O2/c15-1-3-20-8-10(7-11(16)13(20)22)18-14(23)21-6-5-19-4-2-17-12(19)9-21/h7-8,12,17H,1-6,9H2,(H,18,23). The summed E-state index contributed by atoms with van der Waals surface area (Å²) >= 11 is 0. The van der Waals surface area contributed by atoms with E-state index in [4.69, 9.17) is 0 Å². The molecule has 2 N–H and O–H groups in total. The van der Waals surface area contributed by atoms with Crippen molar-refractivity contribution in [2.45, 2.75) is 12.7 Å². The summed E-state index contributed by atoms with van der Waals surface area (Å²) in [6.07, 6.45) is 1.40. The van der Waals surface area contributed by atoms with Crippen molar-refractivity contribution in [2.75, 3.05) is 44.7 Å². The van der Waals surface area contributed by atoms with Gasteiger partial charge in [-0.2, -0.15) is 0 Å². The Balaban J connectivity index is 1.69. The number of nitrogens with one attached hydrogen (secondary N) is 2. The second kappa shape index (κ2) is 6.63. The molecule has 2 amide bonds. The number of carbonyl (C=O) groups is 1. The third-order valence-corrected chi connectivity index (χ3v) is 4.18. The molecule has 9 heteroatoms. The molecule has 0 aliphatic carbocycles. The first-order chi connectivity index (χ1) is 11.1. The normalized spacial score (nSPS) is 21.3. The predicted octanol–water partition coefficient (Wildman–Crippen LogP) is 0.0357. The number of piperazine rings is 1. The van der Waals surface area contributed by atoms with Crippen molar-refractivity contribution >= 4 is 11.7 Å². The van der Waals surface area contributed by atoms with Gasteiger partial charge < -0.3 is 14.8 Å². The van der Waals surface area contributed by atoms with Crippen molar-refractivity contribution in [1.29, 1.82) is 0 Å². The van der Waals surface area contributed by atoms with Gasteiger partial charge in [0.1, 0.15) is 6.67 Å². The van der Waals surface area contributed by atoms with Crippen LogP contribution in [-0.2, 0) is 6.54 Å². The van der Waals surface area contributed by atoms with Gasteiger partial charge in [0.2, 0.25) is 0 Å². The molecule has 23 heavy (non-hydrogen) atoms. The van der Waals surface area contributed by atoms with Gasteiger partial charge >= 0.3 is 6.03 Å². The number of carbonyl (C=O) groups excluding carboxylic acids is 1. The van der Waals surface area contributed by atoms with Crippen molar-refractivity contribution in [1.82, 2.24) is 19.7 Å². The highest BCUT2D eigenvalue weighted by Gasteiger charge is 2.32. The van der Waals surface area contributed by atoms with Gasteiger partial charge in [0.05, 0.1) is 24.9 Å². The van der Waals surface area contributed by atoms with Gasteiger partial charge in [0.15, 0.2) is 5.82 Å².